The number of nitrogens with zero attached hydrogens (tertiary/aromatic N) is 1. The zero-order chi connectivity index (χ0) is 13.4. The van der Waals surface area contributed by atoms with Gasteiger partial charge in [0.2, 0.25) is 0 Å². The third-order valence-electron chi connectivity index (χ3n) is 4.16. The SMILES string of the molecule is O=C(NC1CCN2CCCC12)c1ccc(O)c(O)c1. The minimum Gasteiger partial charge on any atom is -0.504 e. The van der Waals surface area contributed by atoms with Gasteiger partial charge >= 0.3 is 0 Å². The van der Waals surface area contributed by atoms with Crippen molar-refractivity contribution in [3.8, 4) is 11.5 Å². The molecule has 5 heteroatoms. The zero-order valence-electron chi connectivity index (χ0n) is 10.7. The molecule has 0 bridgehead atoms. The first kappa shape index (κ1) is 12.3. The molecular weight excluding hydrogens is 244 g/mol. The van der Waals surface area contributed by atoms with Crippen molar-refractivity contribution in [1.82, 2.24) is 10.2 Å². The molecule has 2 aliphatic rings. The number of nitrogens with one attached hydrogen (secondary N) is 1. The molecule has 1 amide bonds. The summed E-state index contributed by atoms with van der Waals surface area (Å²) in [7, 11) is 0. The number of aromatic hydroxyl groups is 2. The molecule has 2 heterocycles. The lowest BCUT2D eigenvalue weighted by atomic mass is 10.1. The van der Waals surface area contributed by atoms with Crippen molar-refractivity contribution in [2.45, 2.75) is 31.3 Å². The Morgan fingerprint density at radius 2 is 2.05 bits per heavy atom. The van der Waals surface area contributed by atoms with Gasteiger partial charge in [0.1, 0.15) is 0 Å². The van der Waals surface area contributed by atoms with E-state index >= 15 is 0 Å². The van der Waals surface area contributed by atoms with E-state index < -0.39 is 0 Å². The quantitative estimate of drug-likeness (QED) is 0.697. The maximum atomic E-state index is 12.1. The first-order chi connectivity index (χ1) is 9.15. The van der Waals surface area contributed by atoms with Gasteiger partial charge < -0.3 is 15.5 Å². The van der Waals surface area contributed by atoms with Crippen LogP contribution in [0.25, 0.3) is 0 Å². The van der Waals surface area contributed by atoms with Gasteiger partial charge in [-0.1, -0.05) is 0 Å². The van der Waals surface area contributed by atoms with Crippen molar-refractivity contribution in [1.29, 1.82) is 0 Å². The van der Waals surface area contributed by atoms with Crippen LogP contribution in [0.5, 0.6) is 11.5 Å². The number of carbonyl (C=O) groups excluding carboxylic acids is 1. The number of amides is 1. The summed E-state index contributed by atoms with van der Waals surface area (Å²) in [6.07, 6.45) is 3.34. The molecule has 2 fully saturated rings. The number of benzene rings is 1. The number of hydrogen-bond acceptors (Lipinski definition) is 4. The summed E-state index contributed by atoms with van der Waals surface area (Å²) < 4.78 is 0. The fraction of sp³-hybridized carbons (Fsp3) is 0.500. The van der Waals surface area contributed by atoms with Crippen molar-refractivity contribution in [3.05, 3.63) is 23.8 Å². The molecule has 102 valence electrons. The van der Waals surface area contributed by atoms with Gasteiger partial charge in [-0.15, -0.1) is 0 Å². The number of phenolic OH excluding ortho intramolecular Hbond substituents is 2. The van der Waals surface area contributed by atoms with Gasteiger partial charge in [-0.05, 0) is 44.0 Å². The van der Waals surface area contributed by atoms with Gasteiger partial charge in [0.05, 0.1) is 0 Å². The first-order valence-corrected chi connectivity index (χ1v) is 6.72. The summed E-state index contributed by atoms with van der Waals surface area (Å²) in [5, 5.41) is 21.7. The Labute approximate surface area is 111 Å². The molecule has 19 heavy (non-hydrogen) atoms. The van der Waals surface area contributed by atoms with Crippen LogP contribution in [0.15, 0.2) is 18.2 Å². The Bertz CT molecular complexity index is 503. The monoisotopic (exact) mass is 262 g/mol. The standard InChI is InChI=1S/C14H18N2O3/c17-12-4-3-9(8-13(12)18)14(19)15-10-5-7-16-6-1-2-11(10)16/h3-4,8,10-11,17-18H,1-2,5-7H2,(H,15,19). The van der Waals surface area contributed by atoms with Crippen LogP contribution in [0, 0.1) is 0 Å². The largest absolute Gasteiger partial charge is 0.504 e. The van der Waals surface area contributed by atoms with Crippen LogP contribution < -0.4 is 5.32 Å². The molecule has 3 N–H and O–H groups in total. The van der Waals surface area contributed by atoms with Crippen molar-refractivity contribution in [3.63, 3.8) is 0 Å². The van der Waals surface area contributed by atoms with E-state index in [1.54, 1.807) is 0 Å². The molecule has 1 aromatic carbocycles. The summed E-state index contributed by atoms with van der Waals surface area (Å²) in [5.74, 6) is -0.657. The van der Waals surface area contributed by atoms with E-state index in [1.807, 2.05) is 0 Å². The maximum Gasteiger partial charge on any atom is 0.251 e. The van der Waals surface area contributed by atoms with Gasteiger partial charge in [0.25, 0.3) is 5.91 Å². The Hall–Kier alpha value is -1.75. The Kier molecular flexibility index (Phi) is 3.06. The second kappa shape index (κ2) is 4.74. The summed E-state index contributed by atoms with van der Waals surface area (Å²) >= 11 is 0. The molecule has 0 saturated carbocycles. The van der Waals surface area contributed by atoms with Crippen LogP contribution in [-0.4, -0.2) is 46.2 Å². The van der Waals surface area contributed by atoms with E-state index in [-0.39, 0.29) is 23.4 Å². The number of rotatable bonds is 2. The predicted molar refractivity (Wildman–Crippen MR) is 70.2 cm³/mol. The number of hydrogen-bond donors (Lipinski definition) is 3. The van der Waals surface area contributed by atoms with Crippen LogP contribution in [0.3, 0.4) is 0 Å². The fourth-order valence-electron chi connectivity index (χ4n) is 3.17. The molecule has 1 aromatic rings. The average molecular weight is 262 g/mol. The lowest BCUT2D eigenvalue weighted by Crippen LogP contribution is -2.42. The average Bonchev–Trinajstić information content (AvgIpc) is 2.97. The smallest absolute Gasteiger partial charge is 0.251 e. The summed E-state index contributed by atoms with van der Waals surface area (Å²) in [4.78, 5) is 14.6. The highest BCUT2D eigenvalue weighted by molar-refractivity contribution is 5.95. The lowest BCUT2D eigenvalue weighted by molar-refractivity contribution is 0.0929. The Morgan fingerprint density at radius 1 is 1.21 bits per heavy atom. The van der Waals surface area contributed by atoms with Crippen LogP contribution in [0.1, 0.15) is 29.6 Å². The van der Waals surface area contributed by atoms with E-state index in [4.69, 9.17) is 0 Å². The summed E-state index contributed by atoms with van der Waals surface area (Å²) in [6.45, 7) is 2.19. The number of carbonyl (C=O) groups is 1. The molecule has 0 radical (unpaired) electrons. The molecule has 2 saturated heterocycles. The molecule has 2 unspecified atom stereocenters. The van der Waals surface area contributed by atoms with E-state index in [1.165, 1.54) is 24.6 Å². The normalized spacial score (nSPS) is 26.3. The van der Waals surface area contributed by atoms with Gasteiger partial charge in [-0.2, -0.15) is 0 Å². The topological polar surface area (TPSA) is 72.8 Å². The molecule has 3 rings (SSSR count). The fourth-order valence-corrected chi connectivity index (χ4v) is 3.17. The van der Waals surface area contributed by atoms with E-state index in [0.29, 0.717) is 11.6 Å². The minimum atomic E-state index is -0.262. The van der Waals surface area contributed by atoms with Crippen LogP contribution in [0.2, 0.25) is 0 Å². The molecule has 0 spiro atoms. The van der Waals surface area contributed by atoms with Crippen LogP contribution in [0.4, 0.5) is 0 Å². The highest BCUT2D eigenvalue weighted by atomic mass is 16.3. The maximum absolute atomic E-state index is 12.1. The second-order valence-electron chi connectivity index (χ2n) is 5.32. The Morgan fingerprint density at radius 3 is 2.84 bits per heavy atom. The van der Waals surface area contributed by atoms with Crippen molar-refractivity contribution in [2.24, 2.45) is 0 Å². The molecular formula is C14H18N2O3. The van der Waals surface area contributed by atoms with Crippen molar-refractivity contribution >= 4 is 5.91 Å². The van der Waals surface area contributed by atoms with Crippen molar-refractivity contribution < 1.29 is 15.0 Å². The molecule has 5 nitrogen and oxygen atoms in total. The minimum absolute atomic E-state index is 0.186. The first-order valence-electron chi connectivity index (χ1n) is 6.72. The van der Waals surface area contributed by atoms with E-state index in [9.17, 15) is 15.0 Å². The molecule has 2 aliphatic heterocycles. The highest BCUT2D eigenvalue weighted by Crippen LogP contribution is 2.29. The second-order valence-corrected chi connectivity index (χ2v) is 5.32. The van der Waals surface area contributed by atoms with Crippen molar-refractivity contribution in [2.75, 3.05) is 13.1 Å². The molecule has 2 atom stereocenters. The number of fused-ring (bicyclic) bond motifs is 1. The van der Waals surface area contributed by atoms with Gasteiger partial charge in [0, 0.05) is 24.2 Å². The third-order valence-corrected chi connectivity index (χ3v) is 4.16. The third kappa shape index (κ3) is 2.26. The van der Waals surface area contributed by atoms with E-state index in [2.05, 4.69) is 10.2 Å². The lowest BCUT2D eigenvalue weighted by Gasteiger charge is -2.21. The van der Waals surface area contributed by atoms with Gasteiger partial charge in [0.15, 0.2) is 11.5 Å². The van der Waals surface area contributed by atoms with Crippen LogP contribution >= 0.6 is 0 Å². The Balaban J connectivity index is 1.69. The van der Waals surface area contributed by atoms with E-state index in [0.717, 1.165) is 25.9 Å². The van der Waals surface area contributed by atoms with Gasteiger partial charge in [-0.3, -0.25) is 9.69 Å². The number of phenols is 2. The van der Waals surface area contributed by atoms with Gasteiger partial charge in [-0.25, -0.2) is 0 Å². The summed E-state index contributed by atoms with van der Waals surface area (Å²) in [6, 6.07) is 4.82. The zero-order valence-corrected chi connectivity index (χ0v) is 10.7. The molecule has 0 aromatic heterocycles. The highest BCUT2D eigenvalue weighted by Gasteiger charge is 2.37. The van der Waals surface area contributed by atoms with Crippen LogP contribution in [-0.2, 0) is 0 Å². The predicted octanol–water partition coefficient (Wildman–Crippen LogP) is 1.06. The summed E-state index contributed by atoms with van der Waals surface area (Å²) in [5.41, 5.74) is 0.381. The molecule has 0 aliphatic carbocycles.